The second kappa shape index (κ2) is 2.21. The van der Waals surface area contributed by atoms with Gasteiger partial charge in [-0.25, -0.2) is 0 Å². The molecule has 1 aliphatic heterocycles. The molecule has 11 heavy (non-hydrogen) atoms. The number of piperidine rings is 1. The van der Waals surface area contributed by atoms with Crippen LogP contribution in [0.15, 0.2) is 0 Å². The van der Waals surface area contributed by atoms with Crippen molar-refractivity contribution in [3.63, 3.8) is 0 Å². The number of esters is 1. The number of rotatable bonds is 2. The first kappa shape index (κ1) is 7.10. The van der Waals surface area contributed by atoms with Crippen LogP contribution in [0.4, 0.5) is 0 Å². The van der Waals surface area contributed by atoms with E-state index in [0.717, 1.165) is 19.4 Å². The maximum absolute atomic E-state index is 11.3. The first-order chi connectivity index (χ1) is 5.29. The number of fused-ring (bicyclic) bond motifs is 1. The van der Waals surface area contributed by atoms with Gasteiger partial charge in [0.15, 0.2) is 0 Å². The van der Waals surface area contributed by atoms with Gasteiger partial charge in [-0.15, -0.1) is 0 Å². The Morgan fingerprint density at radius 3 is 3.09 bits per heavy atom. The van der Waals surface area contributed by atoms with Crippen molar-refractivity contribution in [2.75, 3.05) is 13.2 Å². The second-order valence-corrected chi connectivity index (χ2v) is 3.34. The van der Waals surface area contributed by atoms with Gasteiger partial charge in [-0.3, -0.25) is 4.79 Å². The van der Waals surface area contributed by atoms with E-state index in [9.17, 15) is 4.79 Å². The Kier molecular flexibility index (Phi) is 1.42. The normalized spacial score (nSPS) is 39.9. The molecule has 2 fully saturated rings. The van der Waals surface area contributed by atoms with Crippen molar-refractivity contribution in [1.82, 2.24) is 5.32 Å². The molecule has 0 amide bonds. The Labute approximate surface area is 66.1 Å². The predicted octanol–water partition coefficient (Wildman–Crippen LogP) is 0.301. The fraction of sp³-hybridized carbons (Fsp3) is 0.875. The minimum atomic E-state index is -0.101. The third-order valence-corrected chi connectivity index (χ3v) is 2.72. The first-order valence-electron chi connectivity index (χ1n) is 4.20. The van der Waals surface area contributed by atoms with E-state index in [1.54, 1.807) is 0 Å². The lowest BCUT2D eigenvalue weighted by Crippen LogP contribution is -2.20. The van der Waals surface area contributed by atoms with Crippen molar-refractivity contribution in [3.8, 4) is 0 Å². The van der Waals surface area contributed by atoms with Crippen LogP contribution in [-0.2, 0) is 9.53 Å². The zero-order valence-corrected chi connectivity index (χ0v) is 6.72. The van der Waals surface area contributed by atoms with Gasteiger partial charge in [0.2, 0.25) is 0 Å². The molecule has 1 N–H and O–H groups in total. The molecule has 0 spiro atoms. The summed E-state index contributed by atoms with van der Waals surface area (Å²) in [5, 5.41) is 3.27. The van der Waals surface area contributed by atoms with Crippen molar-refractivity contribution in [2.24, 2.45) is 5.41 Å². The number of hydrogen-bond donors (Lipinski definition) is 1. The molecule has 0 radical (unpaired) electrons. The summed E-state index contributed by atoms with van der Waals surface area (Å²) < 4.78 is 4.99. The monoisotopic (exact) mass is 155 g/mol. The van der Waals surface area contributed by atoms with Crippen LogP contribution in [0.1, 0.15) is 19.8 Å². The molecule has 0 bridgehead atoms. The van der Waals surface area contributed by atoms with Crippen LogP contribution in [0.3, 0.4) is 0 Å². The summed E-state index contributed by atoms with van der Waals surface area (Å²) in [7, 11) is 0. The Morgan fingerprint density at radius 1 is 1.82 bits per heavy atom. The minimum Gasteiger partial charge on any atom is -0.466 e. The van der Waals surface area contributed by atoms with E-state index in [2.05, 4.69) is 5.32 Å². The van der Waals surface area contributed by atoms with E-state index in [4.69, 9.17) is 4.74 Å². The highest BCUT2D eigenvalue weighted by molar-refractivity contribution is 5.82. The maximum atomic E-state index is 11.3. The lowest BCUT2D eigenvalue weighted by molar-refractivity contribution is -0.149. The summed E-state index contributed by atoms with van der Waals surface area (Å²) in [4.78, 5) is 11.3. The fourth-order valence-electron chi connectivity index (χ4n) is 1.92. The molecular formula is C8H13NO2. The number of nitrogens with one attached hydrogen (secondary N) is 1. The van der Waals surface area contributed by atoms with Gasteiger partial charge in [0, 0.05) is 6.04 Å². The highest BCUT2D eigenvalue weighted by Crippen LogP contribution is 2.53. The van der Waals surface area contributed by atoms with Gasteiger partial charge >= 0.3 is 5.97 Å². The van der Waals surface area contributed by atoms with E-state index in [-0.39, 0.29) is 11.4 Å². The molecule has 0 unspecified atom stereocenters. The molecule has 2 aliphatic rings. The Morgan fingerprint density at radius 2 is 2.64 bits per heavy atom. The molecule has 2 rings (SSSR count). The molecule has 3 nitrogen and oxygen atoms in total. The van der Waals surface area contributed by atoms with Gasteiger partial charge in [-0.05, 0) is 26.3 Å². The van der Waals surface area contributed by atoms with E-state index >= 15 is 0 Å². The highest BCUT2D eigenvalue weighted by atomic mass is 16.5. The summed E-state index contributed by atoms with van der Waals surface area (Å²) in [5.74, 6) is 0.00926. The van der Waals surface area contributed by atoms with Gasteiger partial charge in [0.1, 0.15) is 0 Å². The molecule has 0 aromatic rings. The topological polar surface area (TPSA) is 38.3 Å². The summed E-state index contributed by atoms with van der Waals surface area (Å²) in [6.07, 6.45) is 1.96. The van der Waals surface area contributed by atoms with Crippen molar-refractivity contribution >= 4 is 5.97 Å². The molecular weight excluding hydrogens is 142 g/mol. The molecule has 3 heteroatoms. The molecule has 0 aromatic heterocycles. The third kappa shape index (κ3) is 0.872. The quantitative estimate of drug-likeness (QED) is 0.583. The molecule has 1 saturated carbocycles. The minimum absolute atomic E-state index is 0.00926. The van der Waals surface area contributed by atoms with Gasteiger partial charge in [0.05, 0.1) is 12.0 Å². The zero-order chi connectivity index (χ0) is 7.90. The number of carbonyl (C=O) groups is 1. The summed E-state index contributed by atoms with van der Waals surface area (Å²) >= 11 is 0. The average Bonchev–Trinajstić information content (AvgIpc) is 2.57. The van der Waals surface area contributed by atoms with Crippen molar-refractivity contribution < 1.29 is 9.53 Å². The molecule has 1 saturated heterocycles. The Bertz CT molecular complexity index is 193. The van der Waals surface area contributed by atoms with Crippen molar-refractivity contribution in [1.29, 1.82) is 0 Å². The van der Waals surface area contributed by atoms with Crippen LogP contribution in [0.5, 0.6) is 0 Å². The highest BCUT2D eigenvalue weighted by Gasteiger charge is 2.63. The molecule has 1 aliphatic carbocycles. The lowest BCUT2D eigenvalue weighted by atomic mass is 10.1. The molecule has 62 valence electrons. The summed E-state index contributed by atoms with van der Waals surface area (Å²) in [5.41, 5.74) is -0.101. The molecule has 0 aromatic carbocycles. The largest absolute Gasteiger partial charge is 0.466 e. The number of ether oxygens (including phenoxy) is 1. The predicted molar refractivity (Wildman–Crippen MR) is 40.1 cm³/mol. The first-order valence-corrected chi connectivity index (χ1v) is 4.20. The van der Waals surface area contributed by atoms with E-state index in [1.807, 2.05) is 6.92 Å². The molecule has 2 atom stereocenters. The van der Waals surface area contributed by atoms with Crippen LogP contribution in [0.25, 0.3) is 0 Å². The van der Waals surface area contributed by atoms with Gasteiger partial charge in [0.25, 0.3) is 0 Å². The van der Waals surface area contributed by atoms with E-state index in [0.29, 0.717) is 12.6 Å². The van der Waals surface area contributed by atoms with Crippen LogP contribution in [-0.4, -0.2) is 25.2 Å². The summed E-state index contributed by atoms with van der Waals surface area (Å²) in [6.45, 7) is 3.34. The second-order valence-electron chi connectivity index (χ2n) is 3.34. The number of hydrogen-bond acceptors (Lipinski definition) is 3. The average molecular weight is 155 g/mol. The van der Waals surface area contributed by atoms with Crippen molar-refractivity contribution in [2.45, 2.75) is 25.8 Å². The van der Waals surface area contributed by atoms with Crippen LogP contribution < -0.4 is 5.32 Å². The lowest BCUT2D eigenvalue weighted by Gasteiger charge is -2.08. The van der Waals surface area contributed by atoms with Gasteiger partial charge in [-0.1, -0.05) is 0 Å². The van der Waals surface area contributed by atoms with Crippen molar-refractivity contribution in [3.05, 3.63) is 0 Å². The Hall–Kier alpha value is -0.570. The maximum Gasteiger partial charge on any atom is 0.313 e. The van der Waals surface area contributed by atoms with Crippen LogP contribution in [0.2, 0.25) is 0 Å². The smallest absolute Gasteiger partial charge is 0.313 e. The summed E-state index contributed by atoms with van der Waals surface area (Å²) in [6, 6.07) is 0.432. The van der Waals surface area contributed by atoms with E-state index in [1.165, 1.54) is 0 Å². The molecule has 1 heterocycles. The van der Waals surface area contributed by atoms with E-state index < -0.39 is 0 Å². The third-order valence-electron chi connectivity index (χ3n) is 2.72. The van der Waals surface area contributed by atoms with Crippen LogP contribution in [0, 0.1) is 5.41 Å². The van der Waals surface area contributed by atoms with Gasteiger partial charge in [-0.2, -0.15) is 0 Å². The number of carbonyl (C=O) groups excluding carboxylic acids is 1. The standard InChI is InChI=1S/C8H13NO2/c1-2-11-7(10)8-3-4-9-6(8)5-8/h6,9H,2-5H2,1H3/t6-,8-/m1/s1. The SMILES string of the molecule is CCOC(=O)[C@@]12CCN[C@@H]1C2. The van der Waals surface area contributed by atoms with Crippen LogP contribution >= 0.6 is 0 Å². The zero-order valence-electron chi connectivity index (χ0n) is 6.72. The Balaban J connectivity index is 1.99. The fourth-order valence-corrected chi connectivity index (χ4v) is 1.92. The van der Waals surface area contributed by atoms with Gasteiger partial charge < -0.3 is 10.1 Å².